The molecule has 0 radical (unpaired) electrons. The maximum absolute atomic E-state index is 12.3. The van der Waals surface area contributed by atoms with Crippen molar-refractivity contribution in [1.82, 2.24) is 0 Å². The van der Waals surface area contributed by atoms with Gasteiger partial charge in [-0.1, -0.05) is 0 Å². The van der Waals surface area contributed by atoms with Gasteiger partial charge in [0, 0.05) is 30.3 Å². The number of hydrogen-bond acceptors (Lipinski definition) is 8. The summed E-state index contributed by atoms with van der Waals surface area (Å²) in [4.78, 5) is 44.8. The highest BCUT2D eigenvalue weighted by Crippen LogP contribution is 2.25. The quantitative estimate of drug-likeness (QED) is 0.249. The Morgan fingerprint density at radius 1 is 0.677 bits per heavy atom. The molecule has 0 heterocycles. The van der Waals surface area contributed by atoms with Crippen LogP contribution in [-0.4, -0.2) is 21.8 Å². The van der Waals surface area contributed by atoms with Gasteiger partial charge >= 0.3 is 11.9 Å². The molecule has 10 nitrogen and oxygen atoms in total. The van der Waals surface area contributed by atoms with Crippen LogP contribution in [0.2, 0.25) is 0 Å². The van der Waals surface area contributed by atoms with Crippen LogP contribution in [0.3, 0.4) is 0 Å². The summed E-state index contributed by atoms with van der Waals surface area (Å²) in [5.41, 5.74) is 0.536. The molecular formula is C21H14N2O8. The first-order chi connectivity index (χ1) is 14.7. The largest absolute Gasteiger partial charge is 0.423 e. The van der Waals surface area contributed by atoms with Crippen molar-refractivity contribution in [1.29, 1.82) is 0 Å². The van der Waals surface area contributed by atoms with E-state index in [0.29, 0.717) is 5.56 Å². The first kappa shape index (κ1) is 21.1. The standard InChI is InChI=1S/C21H14N2O8/c1-13-10-18(30-20(24)14-2-6-16(7-3-14)22(26)27)12-19(11-13)31-21(25)15-4-8-17(9-5-15)23(28)29/h2-12H,1H3. The van der Waals surface area contributed by atoms with Crippen molar-refractivity contribution in [2.75, 3.05) is 0 Å². The highest BCUT2D eigenvalue weighted by Gasteiger charge is 2.15. The van der Waals surface area contributed by atoms with Crippen LogP contribution in [0.5, 0.6) is 11.5 Å². The fourth-order valence-corrected chi connectivity index (χ4v) is 2.60. The van der Waals surface area contributed by atoms with Crippen molar-refractivity contribution in [3.63, 3.8) is 0 Å². The number of benzene rings is 3. The monoisotopic (exact) mass is 422 g/mol. The predicted molar refractivity (Wildman–Crippen MR) is 107 cm³/mol. The Hall–Kier alpha value is -4.60. The smallest absolute Gasteiger partial charge is 0.343 e. The minimum absolute atomic E-state index is 0.106. The Morgan fingerprint density at radius 3 is 1.35 bits per heavy atom. The topological polar surface area (TPSA) is 139 Å². The number of carbonyl (C=O) groups excluding carboxylic acids is 2. The molecule has 0 saturated carbocycles. The molecule has 3 aromatic carbocycles. The van der Waals surface area contributed by atoms with Gasteiger partial charge in [-0.15, -0.1) is 0 Å². The second-order valence-electron chi connectivity index (χ2n) is 6.37. The molecule has 3 rings (SSSR count). The molecule has 0 saturated heterocycles. The van der Waals surface area contributed by atoms with Crippen molar-refractivity contribution in [3.8, 4) is 11.5 Å². The third kappa shape index (κ3) is 5.26. The predicted octanol–water partition coefficient (Wildman–Crippen LogP) is 4.25. The molecule has 0 N–H and O–H groups in total. The third-order valence-electron chi connectivity index (χ3n) is 4.07. The highest BCUT2D eigenvalue weighted by atomic mass is 16.6. The summed E-state index contributed by atoms with van der Waals surface area (Å²) in [5.74, 6) is -1.27. The lowest BCUT2D eigenvalue weighted by molar-refractivity contribution is -0.385. The number of nitrogens with zero attached hydrogens (tertiary/aromatic N) is 2. The molecule has 156 valence electrons. The van der Waals surface area contributed by atoms with Gasteiger partial charge in [0.15, 0.2) is 0 Å². The Kier molecular flexibility index (Phi) is 6.01. The summed E-state index contributed by atoms with van der Waals surface area (Å²) in [6, 6.07) is 14.2. The Balaban J connectivity index is 1.73. The van der Waals surface area contributed by atoms with E-state index >= 15 is 0 Å². The average molecular weight is 422 g/mol. The molecule has 0 aliphatic heterocycles. The van der Waals surface area contributed by atoms with Crippen LogP contribution in [0.4, 0.5) is 11.4 Å². The maximum Gasteiger partial charge on any atom is 0.343 e. The van der Waals surface area contributed by atoms with E-state index in [1.807, 2.05) is 0 Å². The second-order valence-corrected chi connectivity index (χ2v) is 6.37. The molecule has 0 atom stereocenters. The molecule has 0 aliphatic carbocycles. The van der Waals surface area contributed by atoms with Crippen molar-refractivity contribution >= 4 is 23.3 Å². The Bertz CT molecular complexity index is 1080. The van der Waals surface area contributed by atoms with E-state index in [-0.39, 0.29) is 34.0 Å². The van der Waals surface area contributed by atoms with E-state index in [0.717, 1.165) is 0 Å². The zero-order valence-corrected chi connectivity index (χ0v) is 16.0. The van der Waals surface area contributed by atoms with E-state index in [1.54, 1.807) is 19.1 Å². The highest BCUT2D eigenvalue weighted by molar-refractivity contribution is 5.92. The fourth-order valence-electron chi connectivity index (χ4n) is 2.60. The van der Waals surface area contributed by atoms with E-state index in [4.69, 9.17) is 9.47 Å². The number of rotatable bonds is 6. The Morgan fingerprint density at radius 2 is 1.03 bits per heavy atom. The van der Waals surface area contributed by atoms with Gasteiger partial charge in [-0.25, -0.2) is 9.59 Å². The zero-order chi connectivity index (χ0) is 22.5. The summed E-state index contributed by atoms with van der Waals surface area (Å²) in [5, 5.41) is 21.4. The van der Waals surface area contributed by atoms with Crippen LogP contribution in [0.1, 0.15) is 26.3 Å². The van der Waals surface area contributed by atoms with Gasteiger partial charge in [-0.2, -0.15) is 0 Å². The summed E-state index contributed by atoms with van der Waals surface area (Å²) >= 11 is 0. The molecule has 0 unspecified atom stereocenters. The normalized spacial score (nSPS) is 10.2. The number of aryl methyl sites for hydroxylation is 1. The molecule has 0 aromatic heterocycles. The maximum atomic E-state index is 12.3. The number of carbonyl (C=O) groups is 2. The first-order valence-corrected chi connectivity index (χ1v) is 8.78. The molecular weight excluding hydrogens is 408 g/mol. The first-order valence-electron chi connectivity index (χ1n) is 8.78. The lowest BCUT2D eigenvalue weighted by atomic mass is 10.2. The summed E-state index contributed by atoms with van der Waals surface area (Å²) in [7, 11) is 0. The SMILES string of the molecule is Cc1cc(OC(=O)c2ccc([N+](=O)[O-])cc2)cc(OC(=O)c2ccc([N+](=O)[O-])cc2)c1. The van der Waals surface area contributed by atoms with Crippen LogP contribution < -0.4 is 9.47 Å². The lowest BCUT2D eigenvalue weighted by Gasteiger charge is -2.09. The number of ether oxygens (including phenoxy) is 2. The van der Waals surface area contributed by atoms with Gasteiger partial charge in [0.05, 0.1) is 21.0 Å². The molecule has 0 fully saturated rings. The van der Waals surface area contributed by atoms with Crippen molar-refractivity contribution in [2.24, 2.45) is 0 Å². The lowest BCUT2D eigenvalue weighted by Crippen LogP contribution is -2.10. The molecule has 0 amide bonds. The number of esters is 2. The molecule has 3 aromatic rings. The summed E-state index contributed by atoms with van der Waals surface area (Å²) < 4.78 is 10.6. The molecule has 0 spiro atoms. The molecule has 10 heteroatoms. The third-order valence-corrected chi connectivity index (χ3v) is 4.07. The number of non-ortho nitro benzene ring substituents is 2. The van der Waals surface area contributed by atoms with E-state index in [9.17, 15) is 29.8 Å². The summed E-state index contributed by atoms with van der Waals surface area (Å²) in [6.45, 7) is 1.70. The van der Waals surface area contributed by atoms with E-state index < -0.39 is 21.8 Å². The average Bonchev–Trinajstić information content (AvgIpc) is 2.73. The van der Waals surface area contributed by atoms with Gasteiger partial charge < -0.3 is 9.47 Å². The number of nitro groups is 2. The Labute approximate surface area is 174 Å². The minimum atomic E-state index is -0.742. The number of hydrogen-bond donors (Lipinski definition) is 0. The van der Waals surface area contributed by atoms with Gasteiger partial charge in [0.25, 0.3) is 11.4 Å². The molecule has 31 heavy (non-hydrogen) atoms. The van der Waals surface area contributed by atoms with Crippen molar-refractivity contribution in [2.45, 2.75) is 6.92 Å². The molecule has 0 bridgehead atoms. The van der Waals surface area contributed by atoms with Gasteiger partial charge in [0.1, 0.15) is 11.5 Å². The van der Waals surface area contributed by atoms with Crippen LogP contribution in [0, 0.1) is 27.2 Å². The van der Waals surface area contributed by atoms with Gasteiger partial charge in [0.2, 0.25) is 0 Å². The van der Waals surface area contributed by atoms with E-state index in [2.05, 4.69) is 0 Å². The molecule has 0 aliphatic rings. The van der Waals surface area contributed by atoms with Crippen molar-refractivity contribution in [3.05, 3.63) is 104 Å². The zero-order valence-electron chi connectivity index (χ0n) is 16.0. The van der Waals surface area contributed by atoms with Crippen LogP contribution in [0.25, 0.3) is 0 Å². The van der Waals surface area contributed by atoms with Crippen molar-refractivity contribution < 1.29 is 28.9 Å². The van der Waals surface area contributed by atoms with Gasteiger partial charge in [-0.3, -0.25) is 20.2 Å². The fraction of sp³-hybridized carbons (Fsp3) is 0.0476. The van der Waals surface area contributed by atoms with Crippen LogP contribution >= 0.6 is 0 Å². The van der Waals surface area contributed by atoms with E-state index in [1.165, 1.54) is 54.6 Å². The summed E-state index contributed by atoms with van der Waals surface area (Å²) in [6.07, 6.45) is 0. The number of nitro benzene ring substituents is 2. The second kappa shape index (κ2) is 8.82. The van der Waals surface area contributed by atoms with Crippen LogP contribution in [-0.2, 0) is 0 Å². The minimum Gasteiger partial charge on any atom is -0.423 e. The van der Waals surface area contributed by atoms with Crippen LogP contribution in [0.15, 0.2) is 66.7 Å². The van der Waals surface area contributed by atoms with Gasteiger partial charge in [-0.05, 0) is 48.9 Å².